The highest BCUT2D eigenvalue weighted by Gasteiger charge is 2.26. The van der Waals surface area contributed by atoms with Crippen LogP contribution in [0.15, 0.2) is 18.2 Å². The van der Waals surface area contributed by atoms with Gasteiger partial charge in [-0.1, -0.05) is 13.8 Å². The molecule has 0 unspecified atom stereocenters. The second-order valence-electron chi connectivity index (χ2n) is 5.61. The number of non-ortho nitro benzene ring substituents is 1. The molecule has 0 saturated carbocycles. The van der Waals surface area contributed by atoms with Crippen LogP contribution >= 0.6 is 11.8 Å². The highest BCUT2D eigenvalue weighted by Crippen LogP contribution is 2.34. The van der Waals surface area contributed by atoms with Crippen LogP contribution in [0.4, 0.5) is 11.4 Å². The van der Waals surface area contributed by atoms with Gasteiger partial charge in [0.15, 0.2) is 0 Å². The second kappa shape index (κ2) is 5.93. The number of nitrogens with zero attached hydrogens (tertiary/aromatic N) is 2. The Kier molecular flexibility index (Phi) is 4.41. The Hall–Kier alpha value is -1.76. The standard InChI is InChI=1S/C14H18N2O4S/c1-14(2)5-6-15(7-8-21-14)12-4-3-10(16(19)20)9-11(12)13(17)18/h3-4,9H,5-8H2,1-2H3,(H,17,18). The van der Waals surface area contributed by atoms with E-state index >= 15 is 0 Å². The summed E-state index contributed by atoms with van der Waals surface area (Å²) in [5, 5.41) is 20.1. The van der Waals surface area contributed by atoms with Gasteiger partial charge in [-0.2, -0.15) is 11.8 Å². The topological polar surface area (TPSA) is 83.7 Å². The molecule has 0 amide bonds. The molecule has 7 heteroatoms. The van der Waals surface area contributed by atoms with Crippen molar-refractivity contribution in [2.45, 2.75) is 25.0 Å². The van der Waals surface area contributed by atoms with Gasteiger partial charge in [0.2, 0.25) is 0 Å². The van der Waals surface area contributed by atoms with Gasteiger partial charge in [0.1, 0.15) is 0 Å². The first-order valence-electron chi connectivity index (χ1n) is 6.71. The SMILES string of the molecule is CC1(C)CCN(c2ccc([N+](=O)[O-])cc2C(=O)O)CCS1. The molecular weight excluding hydrogens is 292 g/mol. The zero-order valence-corrected chi connectivity index (χ0v) is 12.9. The fraction of sp³-hybridized carbons (Fsp3) is 0.500. The molecule has 0 radical (unpaired) electrons. The molecule has 114 valence electrons. The first kappa shape index (κ1) is 15.6. The number of carbonyl (C=O) groups is 1. The number of nitro benzene ring substituents is 1. The van der Waals surface area contributed by atoms with Crippen molar-refractivity contribution < 1.29 is 14.8 Å². The summed E-state index contributed by atoms with van der Waals surface area (Å²) in [4.78, 5) is 23.6. The Bertz CT molecular complexity index is 574. The van der Waals surface area contributed by atoms with Crippen molar-refractivity contribution in [2.24, 2.45) is 0 Å². The summed E-state index contributed by atoms with van der Waals surface area (Å²) >= 11 is 1.86. The quantitative estimate of drug-likeness (QED) is 0.682. The third-order valence-electron chi connectivity index (χ3n) is 3.60. The monoisotopic (exact) mass is 310 g/mol. The number of hydrogen-bond acceptors (Lipinski definition) is 5. The Morgan fingerprint density at radius 3 is 2.76 bits per heavy atom. The zero-order chi connectivity index (χ0) is 15.6. The highest BCUT2D eigenvalue weighted by molar-refractivity contribution is 8.00. The van der Waals surface area contributed by atoms with Gasteiger partial charge in [-0.05, 0) is 12.5 Å². The van der Waals surface area contributed by atoms with E-state index in [9.17, 15) is 20.0 Å². The average molecular weight is 310 g/mol. The molecule has 0 aromatic heterocycles. The van der Waals surface area contributed by atoms with E-state index in [1.54, 1.807) is 6.07 Å². The molecule has 2 rings (SSSR count). The number of carboxylic acid groups (broad SMARTS) is 1. The molecular formula is C14H18N2O4S. The van der Waals surface area contributed by atoms with Gasteiger partial charge >= 0.3 is 5.97 Å². The number of aromatic carboxylic acids is 1. The van der Waals surface area contributed by atoms with Crippen LogP contribution in [0.25, 0.3) is 0 Å². The summed E-state index contributed by atoms with van der Waals surface area (Å²) in [6.45, 7) is 5.84. The molecule has 0 atom stereocenters. The molecule has 1 saturated heterocycles. The van der Waals surface area contributed by atoms with Crippen molar-refractivity contribution in [1.82, 2.24) is 0 Å². The van der Waals surface area contributed by atoms with Gasteiger partial charge in [0, 0.05) is 35.7 Å². The summed E-state index contributed by atoms with van der Waals surface area (Å²) in [5.41, 5.74) is 0.362. The van der Waals surface area contributed by atoms with E-state index in [1.807, 2.05) is 16.7 Å². The number of rotatable bonds is 3. The number of benzene rings is 1. The van der Waals surface area contributed by atoms with Gasteiger partial charge in [-0.3, -0.25) is 10.1 Å². The molecule has 0 aliphatic carbocycles. The number of anilines is 1. The first-order valence-corrected chi connectivity index (χ1v) is 7.69. The number of nitro groups is 1. The minimum Gasteiger partial charge on any atom is -0.478 e. The van der Waals surface area contributed by atoms with Crippen LogP contribution in [-0.4, -0.2) is 39.6 Å². The van der Waals surface area contributed by atoms with E-state index in [2.05, 4.69) is 13.8 Å². The smallest absolute Gasteiger partial charge is 0.338 e. The summed E-state index contributed by atoms with van der Waals surface area (Å²) in [5.74, 6) is -0.229. The minimum absolute atomic E-state index is 0.00564. The first-order chi connectivity index (χ1) is 9.80. The van der Waals surface area contributed by atoms with Crippen LogP contribution in [0.2, 0.25) is 0 Å². The lowest BCUT2D eigenvalue weighted by atomic mass is 10.1. The Morgan fingerprint density at radius 1 is 1.43 bits per heavy atom. The molecule has 1 aromatic rings. The Morgan fingerprint density at radius 2 is 2.14 bits per heavy atom. The zero-order valence-electron chi connectivity index (χ0n) is 12.0. The molecule has 6 nitrogen and oxygen atoms in total. The molecule has 21 heavy (non-hydrogen) atoms. The van der Waals surface area contributed by atoms with E-state index < -0.39 is 10.9 Å². The highest BCUT2D eigenvalue weighted by atomic mass is 32.2. The molecule has 1 aliphatic rings. The van der Waals surface area contributed by atoms with Gasteiger partial charge in [-0.25, -0.2) is 4.79 Å². The van der Waals surface area contributed by atoms with E-state index in [-0.39, 0.29) is 16.0 Å². The van der Waals surface area contributed by atoms with E-state index in [1.165, 1.54) is 6.07 Å². The van der Waals surface area contributed by atoms with Crippen molar-refractivity contribution >= 4 is 29.1 Å². The fourth-order valence-corrected chi connectivity index (χ4v) is 3.45. The summed E-state index contributed by atoms with van der Waals surface area (Å²) < 4.78 is 0.166. The average Bonchev–Trinajstić information content (AvgIpc) is 2.59. The lowest BCUT2D eigenvalue weighted by Gasteiger charge is -2.25. The Labute approximate surface area is 127 Å². The molecule has 1 aliphatic heterocycles. The number of carboxylic acids is 1. The van der Waals surface area contributed by atoms with Gasteiger partial charge in [0.05, 0.1) is 16.2 Å². The predicted octanol–water partition coefficient (Wildman–Crippen LogP) is 3.01. The molecule has 1 aromatic carbocycles. The van der Waals surface area contributed by atoms with Crippen LogP contribution < -0.4 is 4.90 Å². The molecule has 0 bridgehead atoms. The van der Waals surface area contributed by atoms with Crippen LogP contribution in [-0.2, 0) is 0 Å². The molecule has 1 N–H and O–H groups in total. The Balaban J connectivity index is 2.34. The predicted molar refractivity (Wildman–Crippen MR) is 83.4 cm³/mol. The van der Waals surface area contributed by atoms with Crippen molar-refractivity contribution in [3.63, 3.8) is 0 Å². The summed E-state index contributed by atoms with van der Waals surface area (Å²) in [6, 6.07) is 4.05. The third-order valence-corrected chi connectivity index (χ3v) is 4.97. The summed E-state index contributed by atoms with van der Waals surface area (Å²) in [6.07, 6.45) is 0.938. The maximum atomic E-state index is 11.4. The van der Waals surface area contributed by atoms with Crippen molar-refractivity contribution in [3.05, 3.63) is 33.9 Å². The van der Waals surface area contributed by atoms with E-state index in [0.29, 0.717) is 5.69 Å². The van der Waals surface area contributed by atoms with Crippen LogP contribution in [0.5, 0.6) is 0 Å². The largest absolute Gasteiger partial charge is 0.478 e. The molecule has 0 spiro atoms. The normalized spacial score (nSPS) is 18.1. The fourth-order valence-electron chi connectivity index (χ4n) is 2.35. The van der Waals surface area contributed by atoms with Crippen molar-refractivity contribution in [2.75, 3.05) is 23.7 Å². The van der Waals surface area contributed by atoms with Gasteiger partial charge in [0.25, 0.3) is 5.69 Å². The molecule has 1 heterocycles. The van der Waals surface area contributed by atoms with Gasteiger partial charge in [-0.15, -0.1) is 0 Å². The van der Waals surface area contributed by atoms with Crippen LogP contribution in [0, 0.1) is 10.1 Å². The van der Waals surface area contributed by atoms with Gasteiger partial charge < -0.3 is 10.0 Å². The number of hydrogen-bond donors (Lipinski definition) is 1. The van der Waals surface area contributed by atoms with Crippen LogP contribution in [0.3, 0.4) is 0 Å². The second-order valence-corrected chi connectivity index (χ2v) is 7.41. The third kappa shape index (κ3) is 3.66. The van der Waals surface area contributed by atoms with Crippen molar-refractivity contribution in [1.29, 1.82) is 0 Å². The van der Waals surface area contributed by atoms with Crippen LogP contribution in [0.1, 0.15) is 30.6 Å². The van der Waals surface area contributed by atoms with E-state index in [4.69, 9.17) is 0 Å². The lowest BCUT2D eigenvalue weighted by molar-refractivity contribution is -0.384. The minimum atomic E-state index is -1.13. The molecule has 1 fully saturated rings. The maximum Gasteiger partial charge on any atom is 0.338 e. The maximum absolute atomic E-state index is 11.4. The number of thioether (sulfide) groups is 1. The summed E-state index contributed by atoms with van der Waals surface area (Å²) in [7, 11) is 0. The lowest BCUT2D eigenvalue weighted by Crippen LogP contribution is -2.28. The van der Waals surface area contributed by atoms with Crippen molar-refractivity contribution in [3.8, 4) is 0 Å². The van der Waals surface area contributed by atoms with E-state index in [0.717, 1.165) is 31.3 Å².